The summed E-state index contributed by atoms with van der Waals surface area (Å²) in [5.41, 5.74) is 7.77. The predicted octanol–water partition coefficient (Wildman–Crippen LogP) is 1.94. The minimum absolute atomic E-state index is 0.116. The molecule has 0 fully saturated rings. The van der Waals surface area contributed by atoms with Gasteiger partial charge in [0.1, 0.15) is 5.52 Å². The summed E-state index contributed by atoms with van der Waals surface area (Å²) in [6.07, 6.45) is 0. The third-order valence-electron chi connectivity index (χ3n) is 4.38. The summed E-state index contributed by atoms with van der Waals surface area (Å²) in [7, 11) is 2.93. The van der Waals surface area contributed by atoms with Crippen LogP contribution in [0, 0.1) is 0 Å². The van der Waals surface area contributed by atoms with Crippen LogP contribution >= 0.6 is 0 Å². The second-order valence-corrected chi connectivity index (χ2v) is 6.26. The van der Waals surface area contributed by atoms with E-state index in [1.54, 1.807) is 22.8 Å². The average molecular weight is 405 g/mol. The Balaban J connectivity index is 1.81. The molecule has 2 aromatic heterocycles. The number of anilines is 1. The van der Waals surface area contributed by atoms with Gasteiger partial charge in [-0.2, -0.15) is 19.9 Å². The lowest BCUT2D eigenvalue weighted by Gasteiger charge is -2.10. The highest BCUT2D eigenvalue weighted by atomic mass is 16.5. The van der Waals surface area contributed by atoms with E-state index < -0.39 is 5.91 Å². The molecule has 1 amide bonds. The highest BCUT2D eigenvalue weighted by Crippen LogP contribution is 2.27. The van der Waals surface area contributed by atoms with E-state index in [2.05, 4.69) is 25.3 Å². The second-order valence-electron chi connectivity index (χ2n) is 6.26. The van der Waals surface area contributed by atoms with E-state index in [4.69, 9.17) is 15.2 Å². The van der Waals surface area contributed by atoms with Crippen LogP contribution in [0.25, 0.3) is 17.0 Å². The minimum Gasteiger partial charge on any atom is -0.468 e. The van der Waals surface area contributed by atoms with Gasteiger partial charge in [0, 0.05) is 6.54 Å². The summed E-state index contributed by atoms with van der Waals surface area (Å²) in [4.78, 5) is 29.2. The van der Waals surface area contributed by atoms with Crippen molar-refractivity contribution in [1.29, 1.82) is 0 Å². The summed E-state index contributed by atoms with van der Waals surface area (Å²) in [6, 6.07) is 15.2. The number of hydrogen-bond acceptors (Lipinski definition) is 8. The number of aromatic nitrogens is 5. The quantitative estimate of drug-likeness (QED) is 0.477. The van der Waals surface area contributed by atoms with Crippen LogP contribution in [0.3, 0.4) is 0 Å². The number of nitrogens with zero attached hydrogens (tertiary/aromatic N) is 5. The molecule has 0 radical (unpaired) electrons. The maximum atomic E-state index is 11.8. The summed E-state index contributed by atoms with van der Waals surface area (Å²) < 4.78 is 12.2. The standard InChI is InChI=1S/C20H19N7O3/c1-29-19-25-17(22-11-12-7-4-3-5-8-12)24-18(26-19)27-14-10-6-9-13(16(21)28)15(14)23-20(27)30-2/h3-10H,11H2,1-2H3,(H2,21,28)(H,22,24,25,26). The van der Waals surface area contributed by atoms with Gasteiger partial charge in [0.2, 0.25) is 11.9 Å². The molecule has 152 valence electrons. The van der Waals surface area contributed by atoms with Crippen LogP contribution < -0.4 is 20.5 Å². The first-order chi connectivity index (χ1) is 14.6. The first-order valence-electron chi connectivity index (χ1n) is 9.04. The molecule has 0 aliphatic heterocycles. The van der Waals surface area contributed by atoms with E-state index in [-0.39, 0.29) is 23.5 Å². The molecule has 30 heavy (non-hydrogen) atoms. The Kier molecular flexibility index (Phi) is 5.12. The van der Waals surface area contributed by atoms with E-state index in [1.165, 1.54) is 14.2 Å². The molecule has 10 heteroatoms. The Morgan fingerprint density at radius 2 is 1.80 bits per heavy atom. The minimum atomic E-state index is -0.591. The number of nitrogens with two attached hydrogens (primary N) is 1. The van der Waals surface area contributed by atoms with E-state index >= 15 is 0 Å². The highest BCUT2D eigenvalue weighted by molar-refractivity contribution is 6.04. The number of ether oxygens (including phenoxy) is 2. The molecule has 2 heterocycles. The van der Waals surface area contributed by atoms with Gasteiger partial charge in [-0.15, -0.1) is 0 Å². The number of primary amides is 1. The molecule has 4 rings (SSSR count). The van der Waals surface area contributed by atoms with Gasteiger partial charge in [0.25, 0.3) is 5.91 Å². The number of para-hydroxylation sites is 1. The highest BCUT2D eigenvalue weighted by Gasteiger charge is 2.21. The van der Waals surface area contributed by atoms with Crippen molar-refractivity contribution < 1.29 is 14.3 Å². The zero-order chi connectivity index (χ0) is 21.1. The zero-order valence-corrected chi connectivity index (χ0v) is 16.4. The molecule has 0 aliphatic rings. The van der Waals surface area contributed by atoms with Crippen LogP contribution in [0.15, 0.2) is 48.5 Å². The third kappa shape index (κ3) is 3.58. The Hall–Kier alpha value is -4.21. The summed E-state index contributed by atoms with van der Waals surface area (Å²) >= 11 is 0. The molecule has 3 N–H and O–H groups in total. The van der Waals surface area contributed by atoms with Crippen molar-refractivity contribution in [2.24, 2.45) is 5.73 Å². The molecular weight excluding hydrogens is 386 g/mol. The summed E-state index contributed by atoms with van der Waals surface area (Å²) in [5.74, 6) is -0.0552. The molecule has 2 aromatic carbocycles. The average Bonchev–Trinajstić information content (AvgIpc) is 3.16. The van der Waals surface area contributed by atoms with Crippen molar-refractivity contribution in [2.45, 2.75) is 6.54 Å². The monoisotopic (exact) mass is 405 g/mol. The number of imidazole rings is 1. The number of methoxy groups -OCH3 is 2. The summed E-state index contributed by atoms with van der Waals surface area (Å²) in [5, 5.41) is 3.16. The molecule has 0 atom stereocenters. The molecule has 0 bridgehead atoms. The van der Waals surface area contributed by atoms with Gasteiger partial charge in [-0.05, 0) is 17.7 Å². The van der Waals surface area contributed by atoms with Crippen LogP contribution in [0.5, 0.6) is 12.0 Å². The molecule has 0 saturated carbocycles. The number of amides is 1. The lowest BCUT2D eigenvalue weighted by atomic mass is 10.2. The van der Waals surface area contributed by atoms with Gasteiger partial charge in [-0.3, -0.25) is 4.79 Å². The Morgan fingerprint density at radius 3 is 2.50 bits per heavy atom. The van der Waals surface area contributed by atoms with E-state index in [0.29, 0.717) is 23.5 Å². The maximum absolute atomic E-state index is 11.8. The van der Waals surface area contributed by atoms with Crippen LogP contribution in [0.1, 0.15) is 15.9 Å². The van der Waals surface area contributed by atoms with Crippen LogP contribution in [0.2, 0.25) is 0 Å². The van der Waals surface area contributed by atoms with Gasteiger partial charge in [-0.1, -0.05) is 36.4 Å². The molecule has 0 spiro atoms. The molecular formula is C20H19N7O3. The lowest BCUT2D eigenvalue weighted by molar-refractivity contribution is 0.100. The molecule has 0 unspecified atom stereocenters. The Labute approximate surface area is 171 Å². The fraction of sp³-hybridized carbons (Fsp3) is 0.150. The smallest absolute Gasteiger partial charge is 0.322 e. The number of rotatable bonds is 7. The Bertz CT molecular complexity index is 1210. The normalized spacial score (nSPS) is 10.7. The number of carbonyl (C=O) groups excluding carboxylic acids is 1. The van der Waals surface area contributed by atoms with Gasteiger partial charge in [0.05, 0.1) is 25.3 Å². The number of nitrogens with one attached hydrogen (secondary N) is 1. The largest absolute Gasteiger partial charge is 0.468 e. The topological polar surface area (TPSA) is 130 Å². The van der Waals surface area contributed by atoms with Crippen molar-refractivity contribution in [3.05, 3.63) is 59.7 Å². The van der Waals surface area contributed by atoms with Crippen LogP contribution in [-0.2, 0) is 6.54 Å². The van der Waals surface area contributed by atoms with Gasteiger partial charge in [0.15, 0.2) is 0 Å². The first kappa shape index (κ1) is 19.1. The van der Waals surface area contributed by atoms with Crippen molar-refractivity contribution in [1.82, 2.24) is 24.5 Å². The maximum Gasteiger partial charge on any atom is 0.322 e. The molecule has 4 aromatic rings. The number of carbonyl (C=O) groups is 1. The van der Waals surface area contributed by atoms with Gasteiger partial charge in [-0.25, -0.2) is 4.57 Å². The zero-order valence-electron chi connectivity index (χ0n) is 16.4. The van der Waals surface area contributed by atoms with Crippen LogP contribution in [0.4, 0.5) is 5.95 Å². The van der Waals surface area contributed by atoms with E-state index in [9.17, 15) is 4.79 Å². The number of hydrogen-bond donors (Lipinski definition) is 2. The van der Waals surface area contributed by atoms with Gasteiger partial charge < -0.3 is 20.5 Å². The SMILES string of the molecule is COc1nc(NCc2ccccc2)nc(-n2c(OC)nc3c(C(N)=O)cccc32)n1. The lowest BCUT2D eigenvalue weighted by Crippen LogP contribution is -2.12. The summed E-state index contributed by atoms with van der Waals surface area (Å²) in [6.45, 7) is 0.515. The molecule has 10 nitrogen and oxygen atoms in total. The molecule has 0 saturated heterocycles. The third-order valence-corrected chi connectivity index (χ3v) is 4.38. The van der Waals surface area contributed by atoms with Crippen molar-refractivity contribution in [3.63, 3.8) is 0 Å². The number of benzene rings is 2. The fourth-order valence-electron chi connectivity index (χ4n) is 3.00. The number of fused-ring (bicyclic) bond motifs is 1. The van der Waals surface area contributed by atoms with Crippen molar-refractivity contribution in [2.75, 3.05) is 19.5 Å². The van der Waals surface area contributed by atoms with Crippen molar-refractivity contribution in [3.8, 4) is 18.0 Å². The first-order valence-corrected chi connectivity index (χ1v) is 9.04. The van der Waals surface area contributed by atoms with Crippen LogP contribution in [-0.4, -0.2) is 44.6 Å². The molecule has 0 aliphatic carbocycles. The second kappa shape index (κ2) is 8.03. The van der Waals surface area contributed by atoms with Crippen molar-refractivity contribution >= 4 is 22.9 Å². The Morgan fingerprint density at radius 1 is 1.00 bits per heavy atom. The van der Waals surface area contributed by atoms with E-state index in [1.807, 2.05) is 30.3 Å². The van der Waals surface area contributed by atoms with E-state index in [0.717, 1.165) is 5.56 Å². The fourth-order valence-corrected chi connectivity index (χ4v) is 3.00. The van der Waals surface area contributed by atoms with Gasteiger partial charge >= 0.3 is 12.0 Å². The predicted molar refractivity (Wildman–Crippen MR) is 110 cm³/mol.